The maximum atomic E-state index is 12.8. The molecule has 156 valence electrons. The van der Waals surface area contributed by atoms with Gasteiger partial charge in [-0.3, -0.25) is 14.4 Å². The summed E-state index contributed by atoms with van der Waals surface area (Å²) < 4.78 is 39.4. The molecule has 2 aromatic carbocycles. The fraction of sp³-hybridized carbons (Fsp3) is 0.150. The lowest BCUT2D eigenvalue weighted by Crippen LogP contribution is -2.35. The van der Waals surface area contributed by atoms with E-state index in [0.717, 1.165) is 16.7 Å². The maximum Gasteiger partial charge on any atom is 0.416 e. The van der Waals surface area contributed by atoms with Crippen LogP contribution in [0.25, 0.3) is 22.0 Å². The molecule has 0 radical (unpaired) electrons. The number of halogens is 3. The number of nitrogens with one attached hydrogen (secondary N) is 1. The average molecular weight is 420 g/mol. The molecule has 10 heteroatoms. The number of aromatic nitrogens is 1. The van der Waals surface area contributed by atoms with Gasteiger partial charge in [-0.25, -0.2) is 0 Å². The van der Waals surface area contributed by atoms with Gasteiger partial charge in [-0.05, 0) is 35.4 Å². The highest BCUT2D eigenvalue weighted by Gasteiger charge is 2.30. The van der Waals surface area contributed by atoms with Gasteiger partial charge >= 0.3 is 12.1 Å². The molecule has 0 aliphatic carbocycles. The van der Waals surface area contributed by atoms with Gasteiger partial charge < -0.3 is 20.1 Å². The number of alkyl halides is 3. The van der Waals surface area contributed by atoms with Crippen LogP contribution in [0.1, 0.15) is 15.9 Å². The number of fused-ring (bicyclic) bond motifs is 1. The Labute approximate surface area is 167 Å². The number of carbonyl (C=O) groups excluding carboxylic acids is 1. The number of aliphatic carboxylic acids is 1. The smallest absolute Gasteiger partial charge is 0.416 e. The molecule has 0 saturated carbocycles. The summed E-state index contributed by atoms with van der Waals surface area (Å²) >= 11 is 0. The molecule has 0 aliphatic rings. The zero-order chi connectivity index (χ0) is 22.2. The zero-order valence-electron chi connectivity index (χ0n) is 15.4. The third-order valence-corrected chi connectivity index (χ3v) is 4.54. The Morgan fingerprint density at radius 1 is 1.07 bits per heavy atom. The van der Waals surface area contributed by atoms with E-state index in [1.807, 2.05) is 5.32 Å². The van der Waals surface area contributed by atoms with Gasteiger partial charge in [0.2, 0.25) is 0 Å². The first kappa shape index (κ1) is 20.9. The van der Waals surface area contributed by atoms with Crippen molar-refractivity contribution in [1.29, 1.82) is 0 Å². The summed E-state index contributed by atoms with van der Waals surface area (Å²) in [6, 6.07) is 8.86. The highest BCUT2D eigenvalue weighted by molar-refractivity contribution is 6.03. The highest BCUT2D eigenvalue weighted by atomic mass is 19.4. The molecule has 1 aromatic heterocycles. The van der Waals surface area contributed by atoms with E-state index in [1.54, 1.807) is 6.07 Å². The summed E-state index contributed by atoms with van der Waals surface area (Å²) in [5.41, 5.74) is -1.12. The number of carboxylic acids is 1. The number of rotatable bonds is 4. The van der Waals surface area contributed by atoms with Crippen molar-refractivity contribution in [3.63, 3.8) is 0 Å². The van der Waals surface area contributed by atoms with Crippen molar-refractivity contribution in [1.82, 2.24) is 9.88 Å². The summed E-state index contributed by atoms with van der Waals surface area (Å²) in [4.78, 5) is 35.3. The number of amides is 1. The standard InChI is InChI=1S/C20H15F3N2O5/c1-25-14-7-4-11(10-2-5-12(6-3-10)20(21,22)23)8-13(14)17(28)16(19(25)30)18(29)24-9-15(26)27/h2-8,28H,9H2,1H3,(H,24,29)(H,26,27). The lowest BCUT2D eigenvalue weighted by molar-refractivity contribution is -0.137. The number of aromatic hydroxyl groups is 1. The predicted octanol–water partition coefficient (Wildman–Crippen LogP) is 2.74. The third-order valence-electron chi connectivity index (χ3n) is 4.54. The summed E-state index contributed by atoms with van der Waals surface area (Å²) in [6.45, 7) is -0.745. The molecule has 0 saturated heterocycles. The monoisotopic (exact) mass is 420 g/mol. The summed E-state index contributed by atoms with van der Waals surface area (Å²) in [5, 5.41) is 21.3. The number of hydrogen-bond donors (Lipinski definition) is 3. The van der Waals surface area contributed by atoms with Crippen molar-refractivity contribution in [2.45, 2.75) is 6.18 Å². The molecule has 0 spiro atoms. The van der Waals surface area contributed by atoms with Gasteiger partial charge in [0.1, 0.15) is 17.9 Å². The first-order valence-corrected chi connectivity index (χ1v) is 8.54. The van der Waals surface area contributed by atoms with Crippen molar-refractivity contribution in [3.05, 3.63) is 63.9 Å². The van der Waals surface area contributed by atoms with E-state index in [0.29, 0.717) is 11.1 Å². The first-order chi connectivity index (χ1) is 14.0. The van der Waals surface area contributed by atoms with Crippen LogP contribution in [-0.4, -0.2) is 33.2 Å². The largest absolute Gasteiger partial charge is 0.506 e. The molecule has 0 bridgehead atoms. The van der Waals surface area contributed by atoms with Gasteiger partial charge in [0.05, 0.1) is 11.1 Å². The summed E-state index contributed by atoms with van der Waals surface area (Å²) in [5.74, 6) is -3.04. The zero-order valence-corrected chi connectivity index (χ0v) is 15.4. The minimum atomic E-state index is -4.48. The Bertz CT molecular complexity index is 1210. The van der Waals surface area contributed by atoms with E-state index in [9.17, 15) is 32.7 Å². The third kappa shape index (κ3) is 3.84. The number of pyridine rings is 1. The normalized spacial score (nSPS) is 11.5. The number of carbonyl (C=O) groups is 2. The molecule has 1 heterocycles. The highest BCUT2D eigenvalue weighted by Crippen LogP contribution is 2.33. The molecule has 0 atom stereocenters. The van der Waals surface area contributed by atoms with Crippen molar-refractivity contribution in [2.75, 3.05) is 6.54 Å². The quantitative estimate of drug-likeness (QED) is 0.602. The van der Waals surface area contributed by atoms with E-state index >= 15 is 0 Å². The molecule has 3 rings (SSSR count). The van der Waals surface area contributed by atoms with Crippen LogP contribution in [0.5, 0.6) is 5.75 Å². The second-order valence-electron chi connectivity index (χ2n) is 6.47. The number of aryl methyl sites for hydroxylation is 1. The fourth-order valence-corrected chi connectivity index (χ4v) is 3.01. The summed E-state index contributed by atoms with van der Waals surface area (Å²) in [6.07, 6.45) is -4.48. The Morgan fingerprint density at radius 2 is 1.67 bits per heavy atom. The van der Waals surface area contributed by atoms with E-state index < -0.39 is 47.0 Å². The van der Waals surface area contributed by atoms with Crippen LogP contribution in [0.3, 0.4) is 0 Å². The van der Waals surface area contributed by atoms with Crippen LogP contribution in [-0.2, 0) is 18.0 Å². The first-order valence-electron chi connectivity index (χ1n) is 8.54. The van der Waals surface area contributed by atoms with Crippen molar-refractivity contribution >= 4 is 22.8 Å². The summed E-state index contributed by atoms with van der Waals surface area (Å²) in [7, 11) is 1.37. The van der Waals surface area contributed by atoms with Gasteiger partial charge in [0.25, 0.3) is 11.5 Å². The van der Waals surface area contributed by atoms with E-state index in [4.69, 9.17) is 5.11 Å². The molecule has 0 fully saturated rings. The average Bonchev–Trinajstić information content (AvgIpc) is 2.70. The van der Waals surface area contributed by atoms with Crippen LogP contribution < -0.4 is 10.9 Å². The van der Waals surface area contributed by atoms with Crippen LogP contribution in [0.15, 0.2) is 47.3 Å². The fourth-order valence-electron chi connectivity index (χ4n) is 3.01. The predicted molar refractivity (Wildman–Crippen MR) is 101 cm³/mol. The minimum Gasteiger partial charge on any atom is -0.506 e. The number of carboxylic acid groups (broad SMARTS) is 1. The van der Waals surface area contributed by atoms with E-state index in [2.05, 4.69) is 0 Å². The maximum absolute atomic E-state index is 12.8. The molecule has 30 heavy (non-hydrogen) atoms. The van der Waals surface area contributed by atoms with Crippen molar-refractivity contribution < 1.29 is 33.0 Å². The molecule has 7 nitrogen and oxygen atoms in total. The SMILES string of the molecule is Cn1c(=O)c(C(=O)NCC(=O)O)c(O)c2cc(-c3ccc(C(F)(F)F)cc3)ccc21. The van der Waals surface area contributed by atoms with Gasteiger partial charge in [-0.2, -0.15) is 13.2 Å². The topological polar surface area (TPSA) is 109 Å². The lowest BCUT2D eigenvalue weighted by Gasteiger charge is -2.13. The van der Waals surface area contributed by atoms with Crippen LogP contribution in [0, 0.1) is 0 Å². The Kier molecular flexibility index (Phi) is 5.26. The molecule has 3 N–H and O–H groups in total. The van der Waals surface area contributed by atoms with Crippen LogP contribution in [0.2, 0.25) is 0 Å². The molecule has 1 amide bonds. The Hall–Kier alpha value is -3.82. The number of nitrogens with zero attached hydrogens (tertiary/aromatic N) is 1. The molecular formula is C20H15F3N2O5. The molecular weight excluding hydrogens is 405 g/mol. The van der Waals surface area contributed by atoms with Gasteiger partial charge in [0, 0.05) is 12.4 Å². The molecule has 3 aromatic rings. The number of benzene rings is 2. The number of hydrogen-bond acceptors (Lipinski definition) is 4. The molecule has 0 unspecified atom stereocenters. The van der Waals surface area contributed by atoms with Crippen LogP contribution >= 0.6 is 0 Å². The van der Waals surface area contributed by atoms with Crippen molar-refractivity contribution in [3.8, 4) is 16.9 Å². The minimum absolute atomic E-state index is 0.106. The second-order valence-corrected chi connectivity index (χ2v) is 6.47. The van der Waals surface area contributed by atoms with Crippen molar-refractivity contribution in [2.24, 2.45) is 7.05 Å². The lowest BCUT2D eigenvalue weighted by atomic mass is 10.00. The van der Waals surface area contributed by atoms with E-state index in [1.165, 1.54) is 31.3 Å². The van der Waals surface area contributed by atoms with Gasteiger partial charge in [0.15, 0.2) is 0 Å². The second kappa shape index (κ2) is 7.54. The molecule has 0 aliphatic heterocycles. The van der Waals surface area contributed by atoms with Crippen LogP contribution in [0.4, 0.5) is 13.2 Å². The Balaban J connectivity index is 2.12. The van der Waals surface area contributed by atoms with Gasteiger partial charge in [-0.1, -0.05) is 18.2 Å². The van der Waals surface area contributed by atoms with E-state index in [-0.39, 0.29) is 10.9 Å². The van der Waals surface area contributed by atoms with Gasteiger partial charge in [-0.15, -0.1) is 0 Å². The Morgan fingerprint density at radius 3 is 2.23 bits per heavy atom.